The summed E-state index contributed by atoms with van der Waals surface area (Å²) in [4.78, 5) is 39.4. The van der Waals surface area contributed by atoms with Crippen LogP contribution in [0.15, 0.2) is 71.0 Å². The van der Waals surface area contributed by atoms with Crippen molar-refractivity contribution in [2.45, 2.75) is 12.8 Å². The number of carbonyl (C=O) groups excluding carboxylic acids is 2. The number of carbonyl (C=O) groups is 2. The summed E-state index contributed by atoms with van der Waals surface area (Å²) < 4.78 is 12.2. The van der Waals surface area contributed by atoms with Gasteiger partial charge in [0, 0.05) is 0 Å². The number of nitrogens with two attached hydrogens (primary N) is 1. The number of ether oxygens (including phenoxy) is 2. The van der Waals surface area contributed by atoms with Crippen molar-refractivity contribution in [2.24, 2.45) is 5.73 Å². The molecule has 1 atom stereocenters. The molecule has 1 unspecified atom stereocenters. The molecule has 0 bridgehead atoms. The van der Waals surface area contributed by atoms with Crippen LogP contribution in [0.2, 0.25) is 0 Å². The second kappa shape index (κ2) is 9.30. The maximum atomic E-state index is 13.4. The van der Waals surface area contributed by atoms with E-state index in [0.29, 0.717) is 14.8 Å². The molecule has 1 aliphatic rings. The van der Waals surface area contributed by atoms with E-state index in [9.17, 15) is 14.4 Å². The smallest absolute Gasteiger partial charge is 0.338 e. The van der Waals surface area contributed by atoms with Crippen molar-refractivity contribution >= 4 is 40.7 Å². The van der Waals surface area contributed by atoms with Gasteiger partial charge in [0.1, 0.15) is 10.5 Å². The van der Waals surface area contributed by atoms with Crippen LogP contribution in [0.4, 0.5) is 0 Å². The number of nitrogens with zero attached hydrogens (tertiary/aromatic N) is 1. The summed E-state index contributed by atoms with van der Waals surface area (Å²) in [6, 6.07) is 18.3. The highest BCUT2D eigenvalue weighted by Crippen LogP contribution is 2.37. The average Bonchev–Trinajstić information content (AvgIpc) is 3.15. The van der Waals surface area contributed by atoms with Crippen LogP contribution in [0.3, 0.4) is 0 Å². The zero-order valence-electron chi connectivity index (χ0n) is 18.1. The van der Waals surface area contributed by atoms with Gasteiger partial charge < -0.3 is 15.2 Å². The minimum Gasteiger partial charge on any atom is -0.466 e. The molecule has 2 heterocycles. The summed E-state index contributed by atoms with van der Waals surface area (Å²) >= 11 is 1.13. The Morgan fingerprint density at radius 2 is 1.67 bits per heavy atom. The lowest BCUT2D eigenvalue weighted by atomic mass is 9.83. The van der Waals surface area contributed by atoms with E-state index < -0.39 is 23.4 Å². The topological polar surface area (TPSA) is 101 Å². The van der Waals surface area contributed by atoms with Gasteiger partial charge >= 0.3 is 11.9 Å². The summed E-state index contributed by atoms with van der Waals surface area (Å²) in [7, 11) is 1.26. The Bertz CT molecular complexity index is 1420. The predicted molar refractivity (Wildman–Crippen MR) is 126 cm³/mol. The number of aromatic nitrogens is 1. The van der Waals surface area contributed by atoms with Crippen LogP contribution in [0, 0.1) is 0 Å². The molecule has 2 N–H and O–H groups in total. The molecule has 3 aromatic rings. The van der Waals surface area contributed by atoms with E-state index in [1.807, 2.05) is 36.4 Å². The van der Waals surface area contributed by atoms with E-state index in [0.717, 1.165) is 16.9 Å². The maximum absolute atomic E-state index is 13.4. The zero-order chi connectivity index (χ0) is 23.5. The van der Waals surface area contributed by atoms with Crippen LogP contribution in [-0.2, 0) is 19.1 Å². The van der Waals surface area contributed by atoms with Gasteiger partial charge in [-0.1, -0.05) is 60.7 Å². The third-order valence-electron chi connectivity index (χ3n) is 5.28. The molecule has 7 nitrogen and oxygen atoms in total. The van der Waals surface area contributed by atoms with Gasteiger partial charge in [-0.25, -0.2) is 9.59 Å². The molecule has 0 amide bonds. The van der Waals surface area contributed by atoms with E-state index in [1.54, 1.807) is 37.3 Å². The third-order valence-corrected chi connectivity index (χ3v) is 6.39. The highest BCUT2D eigenvalue weighted by atomic mass is 32.1. The Balaban J connectivity index is 2.12. The number of fused-ring (bicyclic) bond motifs is 1. The molecule has 0 fully saturated rings. The summed E-state index contributed by atoms with van der Waals surface area (Å²) in [5.74, 6) is -2.25. The molecule has 0 radical (unpaired) electrons. The van der Waals surface area contributed by atoms with E-state index in [4.69, 9.17) is 15.2 Å². The van der Waals surface area contributed by atoms with Crippen molar-refractivity contribution in [3.05, 3.63) is 96.9 Å². The van der Waals surface area contributed by atoms with Crippen molar-refractivity contribution in [2.75, 3.05) is 13.7 Å². The van der Waals surface area contributed by atoms with Crippen LogP contribution >= 0.6 is 11.3 Å². The normalized spacial score (nSPS) is 15.9. The Kier molecular flexibility index (Phi) is 6.28. The molecule has 1 aliphatic heterocycles. The number of hydrogen-bond donors (Lipinski definition) is 1. The first-order chi connectivity index (χ1) is 16.0. The van der Waals surface area contributed by atoms with E-state index in [-0.39, 0.29) is 23.6 Å². The zero-order valence-corrected chi connectivity index (χ0v) is 18.9. The van der Waals surface area contributed by atoms with E-state index >= 15 is 0 Å². The number of rotatable bonds is 5. The highest BCUT2D eigenvalue weighted by Gasteiger charge is 2.39. The molecule has 8 heteroatoms. The molecule has 2 aromatic carbocycles. The molecular formula is C25H22N2O5S. The van der Waals surface area contributed by atoms with Gasteiger partial charge in [-0.3, -0.25) is 9.36 Å². The fourth-order valence-corrected chi connectivity index (χ4v) is 5.01. The fraction of sp³-hybridized carbons (Fsp3) is 0.160. The van der Waals surface area contributed by atoms with Crippen LogP contribution in [0.5, 0.6) is 0 Å². The Morgan fingerprint density at radius 3 is 2.27 bits per heavy atom. The largest absolute Gasteiger partial charge is 0.466 e. The molecule has 0 aliphatic carbocycles. The first-order valence-corrected chi connectivity index (χ1v) is 11.1. The van der Waals surface area contributed by atoms with Crippen LogP contribution < -0.4 is 20.5 Å². The predicted octanol–water partition coefficient (Wildman–Crippen LogP) is 1.55. The van der Waals surface area contributed by atoms with Crippen LogP contribution in [0.1, 0.15) is 24.0 Å². The highest BCUT2D eigenvalue weighted by molar-refractivity contribution is 7.07. The summed E-state index contributed by atoms with van der Waals surface area (Å²) in [6.45, 7) is 1.79. The molecular weight excluding hydrogens is 440 g/mol. The van der Waals surface area contributed by atoms with Crippen molar-refractivity contribution in [1.29, 1.82) is 0 Å². The Morgan fingerprint density at radius 1 is 1.03 bits per heavy atom. The molecule has 33 heavy (non-hydrogen) atoms. The van der Waals surface area contributed by atoms with Gasteiger partial charge in [0.15, 0.2) is 0 Å². The molecule has 1 aromatic heterocycles. The number of methoxy groups -OCH3 is 1. The van der Waals surface area contributed by atoms with Gasteiger partial charge in [0.2, 0.25) is 0 Å². The quantitative estimate of drug-likeness (QED) is 0.578. The third kappa shape index (κ3) is 4.01. The van der Waals surface area contributed by atoms with Gasteiger partial charge in [-0.05, 0) is 24.1 Å². The second-order valence-electron chi connectivity index (χ2n) is 7.24. The standard InChI is InChI=1S/C25H22N2O5S/c1-3-32-25(30)19-18(16-12-8-5-9-13-16)20(24(29)31-2)23-27(21(19)26)22(28)17(33-23)14-15-10-6-4-7-11-15/h4-14,18H,3,26H2,1-2H3/b17-14+. The maximum Gasteiger partial charge on any atom is 0.338 e. The lowest BCUT2D eigenvalue weighted by Crippen LogP contribution is -2.41. The van der Waals surface area contributed by atoms with E-state index in [1.165, 1.54) is 11.7 Å². The number of hydrogen-bond acceptors (Lipinski definition) is 7. The van der Waals surface area contributed by atoms with Gasteiger partial charge in [-0.2, -0.15) is 0 Å². The molecule has 4 rings (SSSR count). The first kappa shape index (κ1) is 22.3. The molecule has 0 saturated carbocycles. The number of thiazole rings is 1. The van der Waals surface area contributed by atoms with Gasteiger partial charge in [-0.15, -0.1) is 11.3 Å². The second-order valence-corrected chi connectivity index (χ2v) is 8.27. The SMILES string of the molecule is CCOC(=O)C1=C(N)n2c(s/c(=C/c3ccccc3)c2=O)=C(C(=O)OC)C1c1ccccc1. The Labute approximate surface area is 193 Å². The van der Waals surface area contributed by atoms with Crippen molar-refractivity contribution in [1.82, 2.24) is 4.57 Å². The average molecular weight is 463 g/mol. The van der Waals surface area contributed by atoms with Crippen molar-refractivity contribution in [3.63, 3.8) is 0 Å². The van der Waals surface area contributed by atoms with Crippen LogP contribution in [-0.4, -0.2) is 30.2 Å². The molecule has 0 spiro atoms. The number of esters is 2. The molecule has 168 valence electrons. The molecule has 0 saturated heterocycles. The van der Waals surface area contributed by atoms with Crippen LogP contribution in [0.25, 0.3) is 17.5 Å². The van der Waals surface area contributed by atoms with Crippen molar-refractivity contribution in [3.8, 4) is 0 Å². The summed E-state index contributed by atoms with van der Waals surface area (Å²) in [5.41, 5.74) is 7.68. The fourth-order valence-electron chi connectivity index (χ4n) is 3.84. The first-order valence-electron chi connectivity index (χ1n) is 10.3. The lowest BCUT2D eigenvalue weighted by molar-refractivity contribution is -0.138. The van der Waals surface area contributed by atoms with Gasteiger partial charge in [0.05, 0.1) is 35.3 Å². The summed E-state index contributed by atoms with van der Waals surface area (Å²) in [5, 5.41) is 0. The minimum atomic E-state index is -0.847. The van der Waals surface area contributed by atoms with Crippen molar-refractivity contribution < 1.29 is 19.1 Å². The monoisotopic (exact) mass is 462 g/mol. The Hall–Kier alpha value is -3.91. The summed E-state index contributed by atoms with van der Waals surface area (Å²) in [6.07, 6.45) is 1.72. The van der Waals surface area contributed by atoms with E-state index in [2.05, 4.69) is 0 Å². The van der Waals surface area contributed by atoms with Gasteiger partial charge in [0.25, 0.3) is 5.56 Å². The number of benzene rings is 2. The lowest BCUT2D eigenvalue weighted by Gasteiger charge is -2.26. The minimum absolute atomic E-state index is 0.0297.